The van der Waals surface area contributed by atoms with Crippen LogP contribution in [0, 0.1) is 11.8 Å². The molecule has 366 valence electrons. The summed E-state index contributed by atoms with van der Waals surface area (Å²) < 4.78 is 123. The first kappa shape index (κ1) is 51.1. The number of ether oxygens (including phenoxy) is 7. The first-order chi connectivity index (χ1) is 32.4. The van der Waals surface area contributed by atoms with Gasteiger partial charge in [0.05, 0.1) is 94.8 Å². The number of benzene rings is 4. The van der Waals surface area contributed by atoms with Gasteiger partial charge in [-0.15, -0.1) is 0 Å². The van der Waals surface area contributed by atoms with Crippen LogP contribution in [0.4, 0.5) is 47.3 Å². The van der Waals surface area contributed by atoms with Crippen molar-refractivity contribution in [2.75, 3.05) is 44.7 Å². The van der Waals surface area contributed by atoms with Crippen LogP contribution in [0.2, 0.25) is 0 Å². The smallest absolute Gasteiger partial charge is 0.416 e. The highest BCUT2D eigenvalue weighted by Crippen LogP contribution is 2.36. The van der Waals surface area contributed by atoms with Crippen molar-refractivity contribution >= 4 is 23.4 Å². The molecule has 0 radical (unpaired) electrons. The van der Waals surface area contributed by atoms with E-state index in [0.717, 1.165) is 47.5 Å². The molecule has 6 rings (SSSR count). The molecule has 4 aromatic carbocycles. The van der Waals surface area contributed by atoms with Crippen molar-refractivity contribution < 1.29 is 69.1 Å². The predicted molar refractivity (Wildman–Crippen MR) is 235 cm³/mol. The number of amides is 4. The SMILES string of the molecule is COc1ccc(COCC2O[C@@H](O[C@@H]3C(NC(=O)Nc4cccc(C(F)(F)F)c4)COC(COCc4ccc(OC)cc4)[C@@H]3N=[N+]=[N-])C(NC(=O)Nc3cccc(C(F)(F)F)c3)[C@@H](C)[C@@H]2C)cc1. The number of nitrogens with one attached hydrogen (secondary N) is 4. The monoisotopic (exact) mass is 959 g/mol. The molecule has 2 aliphatic rings. The van der Waals surface area contributed by atoms with Crippen molar-refractivity contribution in [1.82, 2.24) is 10.6 Å². The number of halogens is 6. The third-order valence-corrected chi connectivity index (χ3v) is 11.6. The van der Waals surface area contributed by atoms with Crippen molar-refractivity contribution in [3.63, 3.8) is 0 Å². The van der Waals surface area contributed by atoms with E-state index in [1.54, 1.807) is 50.4 Å². The Morgan fingerprint density at radius 3 is 1.71 bits per heavy atom. The largest absolute Gasteiger partial charge is 0.497 e. The molecular weight excluding hydrogens is 909 g/mol. The number of carbonyl (C=O) groups excluding carboxylic acids is 2. The van der Waals surface area contributed by atoms with Crippen LogP contribution in [-0.4, -0.2) is 88.8 Å². The minimum Gasteiger partial charge on any atom is -0.497 e. The van der Waals surface area contributed by atoms with E-state index in [1.807, 2.05) is 19.1 Å². The van der Waals surface area contributed by atoms with Gasteiger partial charge in [0.25, 0.3) is 0 Å². The highest BCUT2D eigenvalue weighted by Gasteiger charge is 2.49. The van der Waals surface area contributed by atoms with Crippen LogP contribution >= 0.6 is 0 Å². The fourth-order valence-corrected chi connectivity index (χ4v) is 7.70. The molecular formula is C46H51F6N7O9. The van der Waals surface area contributed by atoms with Crippen LogP contribution < -0.4 is 30.7 Å². The number of alkyl halides is 6. The van der Waals surface area contributed by atoms with Crippen molar-refractivity contribution in [3.8, 4) is 11.5 Å². The Morgan fingerprint density at radius 1 is 0.721 bits per heavy atom. The summed E-state index contributed by atoms with van der Waals surface area (Å²) in [4.78, 5) is 30.2. The van der Waals surface area contributed by atoms with Crippen LogP contribution in [0.25, 0.3) is 10.4 Å². The van der Waals surface area contributed by atoms with Gasteiger partial charge < -0.3 is 54.4 Å². The van der Waals surface area contributed by atoms with E-state index in [4.69, 9.17) is 33.2 Å². The maximum absolute atomic E-state index is 13.7. The fourth-order valence-electron chi connectivity index (χ4n) is 7.70. The Bertz CT molecular complexity index is 2340. The molecule has 22 heteroatoms. The fraction of sp³-hybridized carbons (Fsp3) is 0.435. The highest BCUT2D eigenvalue weighted by atomic mass is 19.4. The van der Waals surface area contributed by atoms with Crippen molar-refractivity contribution in [3.05, 3.63) is 130 Å². The van der Waals surface area contributed by atoms with Crippen molar-refractivity contribution in [1.29, 1.82) is 0 Å². The van der Waals surface area contributed by atoms with E-state index in [-0.39, 0.29) is 50.3 Å². The Morgan fingerprint density at radius 2 is 1.22 bits per heavy atom. The second-order valence-electron chi connectivity index (χ2n) is 16.1. The molecule has 0 aromatic heterocycles. The van der Waals surface area contributed by atoms with Gasteiger partial charge in [-0.1, -0.05) is 55.4 Å². The molecule has 0 saturated carbocycles. The number of rotatable bonds is 17. The maximum atomic E-state index is 13.7. The summed E-state index contributed by atoms with van der Waals surface area (Å²) in [5.74, 6) is 0.441. The standard InChI is InChI=1S/C46H51F6N7O9/c1-26-27(2)39(57-44(61)55-33-10-6-8-31(20-33)46(50,51)52)42(67-37(26)24-64-21-28-11-15-34(62-3)16-12-28)68-41-36(56-43(60)54-32-9-5-7-30(19-32)45(47,48)49)23-66-38(40(41)58-59-53)25-65-22-29-13-17-35(63-4)18-14-29/h5-20,26-27,36-42H,21-25H2,1-4H3,(H2,54,56,60)(H2,55,57,61)/t26-,27-,36?,37?,38?,39?,40-,41+,42-/m0/s1. The molecule has 4 aromatic rings. The predicted octanol–water partition coefficient (Wildman–Crippen LogP) is 9.32. The van der Waals surface area contributed by atoms with E-state index >= 15 is 0 Å². The lowest BCUT2D eigenvalue weighted by Gasteiger charge is -2.48. The molecule has 2 saturated heterocycles. The van der Waals surface area contributed by atoms with E-state index < -0.39 is 84.2 Å². The topological polar surface area (TPSA) is 196 Å². The second-order valence-corrected chi connectivity index (χ2v) is 16.1. The van der Waals surface area contributed by atoms with E-state index in [1.165, 1.54) is 19.2 Å². The van der Waals surface area contributed by atoms with Crippen molar-refractivity contribution in [2.24, 2.45) is 17.0 Å². The Labute approximate surface area is 387 Å². The van der Waals surface area contributed by atoms with Gasteiger partial charge in [-0.05, 0) is 89.2 Å². The molecule has 0 spiro atoms. The third kappa shape index (κ3) is 13.9. The summed E-state index contributed by atoms with van der Waals surface area (Å²) in [5, 5.41) is 14.3. The van der Waals surface area contributed by atoms with Crippen LogP contribution in [0.5, 0.6) is 11.5 Å². The molecule has 2 fully saturated rings. The molecule has 4 amide bonds. The van der Waals surface area contributed by atoms with Gasteiger partial charge in [-0.2, -0.15) is 26.3 Å². The normalized spacial score (nSPS) is 23.9. The van der Waals surface area contributed by atoms with E-state index in [9.17, 15) is 41.5 Å². The van der Waals surface area contributed by atoms with Gasteiger partial charge in [0.15, 0.2) is 6.29 Å². The quantitative estimate of drug-likeness (QED) is 0.0345. The summed E-state index contributed by atoms with van der Waals surface area (Å²) in [6, 6.07) is 16.9. The number of methoxy groups -OCH3 is 2. The molecule has 2 heterocycles. The maximum Gasteiger partial charge on any atom is 0.416 e. The average molecular weight is 960 g/mol. The van der Waals surface area contributed by atoms with Gasteiger partial charge in [0.1, 0.15) is 11.5 Å². The van der Waals surface area contributed by atoms with Crippen LogP contribution in [0.1, 0.15) is 36.1 Å². The lowest BCUT2D eigenvalue weighted by molar-refractivity contribution is -0.275. The van der Waals surface area contributed by atoms with Gasteiger partial charge in [0, 0.05) is 16.3 Å². The number of hydrogen-bond acceptors (Lipinski definition) is 10. The first-order valence-electron chi connectivity index (χ1n) is 21.3. The number of azide groups is 1. The number of hydrogen-bond donors (Lipinski definition) is 4. The molecule has 16 nitrogen and oxygen atoms in total. The summed E-state index contributed by atoms with van der Waals surface area (Å²) in [6.07, 6.45) is -13.8. The summed E-state index contributed by atoms with van der Waals surface area (Å²) in [6.45, 7) is 3.52. The van der Waals surface area contributed by atoms with Crippen LogP contribution in [0.15, 0.2) is 102 Å². The number of anilines is 2. The Kier molecular flexibility index (Phi) is 17.4. The highest BCUT2D eigenvalue weighted by molar-refractivity contribution is 5.90. The van der Waals surface area contributed by atoms with Gasteiger partial charge in [-0.3, -0.25) is 0 Å². The molecule has 0 aliphatic carbocycles. The summed E-state index contributed by atoms with van der Waals surface area (Å²) in [5.41, 5.74) is 9.17. The Balaban J connectivity index is 1.28. The summed E-state index contributed by atoms with van der Waals surface area (Å²) >= 11 is 0. The Hall–Kier alpha value is -6.29. The second kappa shape index (κ2) is 23.1. The van der Waals surface area contributed by atoms with E-state index in [0.29, 0.717) is 11.5 Å². The zero-order valence-electron chi connectivity index (χ0n) is 37.3. The molecule has 0 bridgehead atoms. The summed E-state index contributed by atoms with van der Waals surface area (Å²) in [7, 11) is 3.08. The molecule has 9 atom stereocenters. The molecule has 2 aliphatic heterocycles. The van der Waals surface area contributed by atoms with E-state index in [2.05, 4.69) is 31.3 Å². The zero-order chi connectivity index (χ0) is 49.0. The van der Waals surface area contributed by atoms with Gasteiger partial charge >= 0.3 is 24.4 Å². The number of urea groups is 2. The minimum absolute atomic E-state index is 0.0248. The molecule has 68 heavy (non-hydrogen) atoms. The zero-order valence-corrected chi connectivity index (χ0v) is 37.3. The lowest BCUT2D eigenvalue weighted by Crippen LogP contribution is -2.65. The lowest BCUT2D eigenvalue weighted by atomic mass is 9.82. The van der Waals surface area contributed by atoms with Gasteiger partial charge in [-0.25, -0.2) is 9.59 Å². The molecule has 4 unspecified atom stereocenters. The third-order valence-electron chi connectivity index (χ3n) is 11.6. The van der Waals surface area contributed by atoms with Crippen LogP contribution in [-0.2, 0) is 49.3 Å². The number of carbonyl (C=O) groups is 2. The van der Waals surface area contributed by atoms with Crippen LogP contribution in [0.3, 0.4) is 0 Å². The van der Waals surface area contributed by atoms with Gasteiger partial charge in [0.2, 0.25) is 0 Å². The average Bonchev–Trinajstić information content (AvgIpc) is 3.30. The van der Waals surface area contributed by atoms with Crippen molar-refractivity contribution in [2.45, 2.75) is 82.1 Å². The molecule has 4 N–H and O–H groups in total. The number of nitrogens with zero attached hydrogens (tertiary/aromatic N) is 3. The first-order valence-corrected chi connectivity index (χ1v) is 21.3. The minimum atomic E-state index is -4.70.